The summed E-state index contributed by atoms with van der Waals surface area (Å²) < 4.78 is 0. The van der Waals surface area contributed by atoms with E-state index in [0.717, 1.165) is 11.5 Å². The Morgan fingerprint density at radius 2 is 0.870 bits per heavy atom. The molecule has 0 N–H and O–H groups in total. The summed E-state index contributed by atoms with van der Waals surface area (Å²) in [4.78, 5) is 0. The Labute approximate surface area is 175 Å². The van der Waals surface area contributed by atoms with E-state index in [1.807, 2.05) is 0 Å². The van der Waals surface area contributed by atoms with Crippen LogP contribution in [0.5, 0.6) is 0 Å². The molecule has 0 aliphatic rings. The summed E-state index contributed by atoms with van der Waals surface area (Å²) in [6, 6.07) is 0. The zero-order valence-corrected chi connectivity index (χ0v) is 16.2. The van der Waals surface area contributed by atoms with Gasteiger partial charge in [0.2, 0.25) is 0 Å². The zero-order chi connectivity index (χ0) is 16.7. The van der Waals surface area contributed by atoms with E-state index in [-0.39, 0.29) is 29.6 Å². The summed E-state index contributed by atoms with van der Waals surface area (Å²) in [5.41, 5.74) is 0. The van der Waals surface area contributed by atoms with Gasteiger partial charge in [-0.05, 0) is 36.4 Å². The number of rotatable bonds is 14. The first-order valence-corrected chi connectivity index (χ1v) is 10.8. The van der Waals surface area contributed by atoms with Crippen LogP contribution in [0.25, 0.3) is 0 Å². The monoisotopic (exact) mass is 366 g/mol. The van der Waals surface area contributed by atoms with E-state index >= 15 is 0 Å². The fraction of sp³-hybridized carbons (Fsp3) is 0.889. The van der Waals surface area contributed by atoms with Crippen molar-refractivity contribution in [1.29, 1.82) is 10.5 Å². The molecule has 0 heterocycles. The van der Waals surface area contributed by atoms with Gasteiger partial charge in [0.1, 0.15) is 10.8 Å². The molecule has 0 aromatic heterocycles. The van der Waals surface area contributed by atoms with E-state index in [0.29, 0.717) is 0 Å². The molecule has 0 aromatic rings. The fourth-order valence-electron chi connectivity index (χ4n) is 2.00. The molecule has 0 saturated heterocycles. The molecule has 0 unspecified atom stereocenters. The van der Waals surface area contributed by atoms with Crippen molar-refractivity contribution in [3.05, 3.63) is 0 Å². The third-order valence-corrected chi connectivity index (χ3v) is 4.57. The molecule has 0 aliphatic carbocycles. The van der Waals surface area contributed by atoms with Crippen molar-refractivity contribution in [2.45, 2.75) is 90.9 Å². The average molecular weight is 367 g/mol. The van der Waals surface area contributed by atoms with Crippen LogP contribution in [0.4, 0.5) is 0 Å². The van der Waals surface area contributed by atoms with E-state index in [2.05, 4.69) is 24.6 Å². The molecular formula is C18H35N2NaS2. The summed E-state index contributed by atoms with van der Waals surface area (Å²) in [7, 11) is 0. The summed E-state index contributed by atoms with van der Waals surface area (Å²) in [6.45, 7) is 4.46. The number of nitrogens with zero attached hydrogens (tertiary/aromatic N) is 2. The van der Waals surface area contributed by atoms with Crippen LogP contribution in [0.1, 0.15) is 90.9 Å². The number of thioether (sulfide) groups is 2. The standard InChI is InChI=1S/2C9H17NS.Na.H/c2*1-2-3-4-5-6-7-8-11-9-10;;/h2*2-8H2,1H3;;. The maximum atomic E-state index is 8.22. The predicted octanol–water partition coefficient (Wildman–Crippen LogP) is 6.47. The second kappa shape index (κ2) is 30.5. The number of nitriles is 2. The van der Waals surface area contributed by atoms with Crippen molar-refractivity contribution < 1.29 is 0 Å². The molecule has 0 rings (SSSR count). The molecule has 0 fully saturated rings. The van der Waals surface area contributed by atoms with E-state index in [4.69, 9.17) is 10.5 Å². The SMILES string of the molecule is CCCCCCCCSC#N.CCCCCCCCSC#N.[NaH]. The predicted molar refractivity (Wildman–Crippen MR) is 110 cm³/mol. The third-order valence-electron chi connectivity index (χ3n) is 3.33. The second-order valence-electron chi connectivity index (χ2n) is 5.42. The van der Waals surface area contributed by atoms with Crippen molar-refractivity contribution in [3.63, 3.8) is 0 Å². The Balaban J connectivity index is -0.000000333. The Kier molecular flexibility index (Phi) is 37.8. The van der Waals surface area contributed by atoms with Gasteiger partial charge in [-0.15, -0.1) is 0 Å². The van der Waals surface area contributed by atoms with E-state index in [1.54, 1.807) is 0 Å². The van der Waals surface area contributed by atoms with Gasteiger partial charge >= 0.3 is 29.6 Å². The van der Waals surface area contributed by atoms with E-state index in [1.165, 1.54) is 101 Å². The molecule has 0 radical (unpaired) electrons. The van der Waals surface area contributed by atoms with Crippen LogP contribution >= 0.6 is 23.5 Å². The Morgan fingerprint density at radius 3 is 1.17 bits per heavy atom. The molecule has 2 nitrogen and oxygen atoms in total. The molecule has 0 saturated carbocycles. The number of unbranched alkanes of at least 4 members (excludes halogenated alkanes) is 10. The van der Waals surface area contributed by atoms with E-state index < -0.39 is 0 Å². The van der Waals surface area contributed by atoms with Gasteiger partial charge in [-0.1, -0.05) is 78.1 Å². The Hall–Kier alpha value is 0.680. The van der Waals surface area contributed by atoms with Crippen molar-refractivity contribution in [1.82, 2.24) is 0 Å². The van der Waals surface area contributed by atoms with Crippen LogP contribution in [0, 0.1) is 21.3 Å². The topological polar surface area (TPSA) is 47.6 Å². The van der Waals surface area contributed by atoms with E-state index in [9.17, 15) is 0 Å². The quantitative estimate of drug-likeness (QED) is 0.201. The van der Waals surface area contributed by atoms with Crippen LogP contribution in [0.15, 0.2) is 0 Å². The number of hydrogen-bond acceptors (Lipinski definition) is 4. The molecule has 0 bridgehead atoms. The third kappa shape index (κ3) is 34.9. The molecule has 5 heteroatoms. The first kappa shape index (κ1) is 28.5. The van der Waals surface area contributed by atoms with Crippen molar-refractivity contribution in [2.75, 3.05) is 11.5 Å². The zero-order valence-electron chi connectivity index (χ0n) is 14.6. The molecule has 0 spiro atoms. The second-order valence-corrected chi connectivity index (χ2v) is 7.17. The Morgan fingerprint density at radius 1 is 0.565 bits per heavy atom. The summed E-state index contributed by atoms with van der Waals surface area (Å²) in [6.07, 6.45) is 15.8. The van der Waals surface area contributed by atoms with Gasteiger partial charge < -0.3 is 0 Å². The molecule has 23 heavy (non-hydrogen) atoms. The van der Waals surface area contributed by atoms with Gasteiger partial charge in [0.25, 0.3) is 0 Å². The minimum atomic E-state index is 0. The van der Waals surface area contributed by atoms with Crippen molar-refractivity contribution in [2.24, 2.45) is 0 Å². The van der Waals surface area contributed by atoms with Crippen LogP contribution in [-0.4, -0.2) is 41.1 Å². The van der Waals surface area contributed by atoms with Gasteiger partial charge in [-0.25, -0.2) is 0 Å². The van der Waals surface area contributed by atoms with Crippen molar-refractivity contribution >= 4 is 53.1 Å². The van der Waals surface area contributed by atoms with Gasteiger partial charge in [0, 0.05) is 11.5 Å². The summed E-state index contributed by atoms with van der Waals surface area (Å²) >= 11 is 2.75. The van der Waals surface area contributed by atoms with Gasteiger partial charge in [0.15, 0.2) is 0 Å². The molecule has 130 valence electrons. The van der Waals surface area contributed by atoms with Crippen LogP contribution in [0.2, 0.25) is 0 Å². The van der Waals surface area contributed by atoms with Gasteiger partial charge in [-0.2, -0.15) is 10.5 Å². The molecule has 0 amide bonds. The molecule has 0 aromatic carbocycles. The van der Waals surface area contributed by atoms with Crippen LogP contribution in [-0.2, 0) is 0 Å². The number of hydrogen-bond donors (Lipinski definition) is 0. The maximum absolute atomic E-state index is 8.22. The Bertz CT molecular complexity index is 247. The van der Waals surface area contributed by atoms with Gasteiger partial charge in [0.05, 0.1) is 0 Å². The average Bonchev–Trinajstić information content (AvgIpc) is 2.54. The van der Waals surface area contributed by atoms with Gasteiger partial charge in [-0.3, -0.25) is 0 Å². The minimum absolute atomic E-state index is 0. The molecular weight excluding hydrogens is 331 g/mol. The van der Waals surface area contributed by atoms with Crippen LogP contribution in [0.3, 0.4) is 0 Å². The fourth-order valence-corrected chi connectivity index (χ4v) is 2.88. The first-order chi connectivity index (χ1) is 10.8. The first-order valence-electron chi connectivity index (χ1n) is 8.85. The summed E-state index contributed by atoms with van der Waals surface area (Å²) in [5.74, 6) is 2.03. The van der Waals surface area contributed by atoms with Crippen molar-refractivity contribution in [3.8, 4) is 10.8 Å². The molecule has 0 atom stereocenters. The van der Waals surface area contributed by atoms with Crippen LogP contribution < -0.4 is 0 Å². The normalized spacial score (nSPS) is 9.04. The number of thiocyanates is 2. The molecule has 0 aliphatic heterocycles. The summed E-state index contributed by atoms with van der Waals surface area (Å²) in [5, 5.41) is 20.6.